The van der Waals surface area contributed by atoms with Gasteiger partial charge in [-0.15, -0.1) is 16.7 Å². The first-order valence-electron chi connectivity index (χ1n) is 4.78. The van der Waals surface area contributed by atoms with Crippen LogP contribution in [0.5, 0.6) is 0 Å². The maximum atomic E-state index is 11.8. The van der Waals surface area contributed by atoms with Gasteiger partial charge >= 0.3 is 5.69 Å². The molecule has 18 heavy (non-hydrogen) atoms. The summed E-state index contributed by atoms with van der Waals surface area (Å²) in [7, 11) is 1.47. The maximum absolute atomic E-state index is 11.8. The molecule has 0 aliphatic heterocycles. The summed E-state index contributed by atoms with van der Waals surface area (Å²) in [4.78, 5) is 27.1. The molecule has 0 aliphatic carbocycles. The summed E-state index contributed by atoms with van der Waals surface area (Å²) in [5.74, 6) is -0.173. The number of amides is 1. The van der Waals surface area contributed by atoms with Crippen LogP contribution in [0.15, 0.2) is 11.1 Å². The van der Waals surface area contributed by atoms with Crippen LogP contribution >= 0.6 is 11.6 Å². The molecule has 0 atom stereocenters. The van der Waals surface area contributed by atoms with Crippen LogP contribution in [0.1, 0.15) is 10.5 Å². The molecule has 0 unspecified atom stereocenters. The molecule has 1 amide bonds. The van der Waals surface area contributed by atoms with Crippen molar-refractivity contribution < 1.29 is 10.3 Å². The van der Waals surface area contributed by atoms with Crippen LogP contribution in [0.3, 0.4) is 0 Å². The van der Waals surface area contributed by atoms with E-state index in [0.717, 1.165) is 9.08 Å². The van der Waals surface area contributed by atoms with Crippen molar-refractivity contribution in [2.24, 2.45) is 0 Å². The third kappa shape index (κ3) is 2.17. The van der Waals surface area contributed by atoms with Crippen LogP contribution in [-0.4, -0.2) is 48.7 Å². The van der Waals surface area contributed by atoms with Crippen LogP contribution in [0, 0.1) is 0 Å². The van der Waals surface area contributed by atoms with Crippen LogP contribution in [0.25, 0.3) is 5.65 Å². The van der Waals surface area contributed by atoms with Crippen molar-refractivity contribution in [1.82, 2.24) is 29.7 Å². The number of hydrogen-bond donors (Lipinski definition) is 1. The summed E-state index contributed by atoms with van der Waals surface area (Å²) in [6.07, 6.45) is 1.24. The van der Waals surface area contributed by atoms with Gasteiger partial charge < -0.3 is 10.8 Å². The molecule has 0 bridgehead atoms. The van der Waals surface area contributed by atoms with E-state index in [4.69, 9.17) is 11.6 Å². The molecule has 0 aliphatic rings. The van der Waals surface area contributed by atoms with Gasteiger partial charge in [-0.3, -0.25) is 4.79 Å². The lowest BCUT2D eigenvalue weighted by Crippen LogP contribution is -2.30. The van der Waals surface area contributed by atoms with Crippen LogP contribution in [0.4, 0.5) is 0 Å². The number of imidazole rings is 1. The normalized spacial score (nSPS) is 10.1. The van der Waals surface area contributed by atoms with Crippen LogP contribution in [0.2, 0.25) is 0 Å². The van der Waals surface area contributed by atoms with Gasteiger partial charge in [-0.2, -0.15) is 4.68 Å². The number of nitrogens with zero attached hydrogens (tertiary/aromatic N) is 5. The van der Waals surface area contributed by atoms with Crippen molar-refractivity contribution in [3.8, 4) is 0 Å². The van der Waals surface area contributed by atoms with Gasteiger partial charge in [0.15, 0.2) is 11.3 Å². The second-order valence-electron chi connectivity index (χ2n) is 3.15. The molecule has 2 heterocycles. The van der Waals surface area contributed by atoms with Crippen molar-refractivity contribution in [3.05, 3.63) is 22.5 Å². The van der Waals surface area contributed by atoms with E-state index in [9.17, 15) is 9.59 Å². The van der Waals surface area contributed by atoms with E-state index in [0.29, 0.717) is 0 Å². The minimum atomic E-state index is -0.432. The van der Waals surface area contributed by atoms with Crippen molar-refractivity contribution in [2.45, 2.75) is 6.54 Å². The highest BCUT2D eigenvalue weighted by atomic mass is 35.5. The Bertz CT molecular complexity index is 621. The standard InChI is InChI=1S/C8H9ClN6O2.H2O/c1-10-7(16)5-6-12-13-15(3-2-9)8(17)14(6)4-11-5;/h4H,2-3H2,1H3,(H,10,16);1H2. The lowest BCUT2D eigenvalue weighted by molar-refractivity contribution is 0.0960. The van der Waals surface area contributed by atoms with Gasteiger partial charge in [-0.05, 0) is 0 Å². The summed E-state index contributed by atoms with van der Waals surface area (Å²) in [5, 5.41) is 9.86. The third-order valence-electron chi connectivity index (χ3n) is 2.16. The largest absolute Gasteiger partial charge is 0.412 e. The van der Waals surface area contributed by atoms with E-state index in [-0.39, 0.29) is 29.2 Å². The zero-order valence-electron chi connectivity index (χ0n) is 9.42. The zero-order valence-corrected chi connectivity index (χ0v) is 10.2. The monoisotopic (exact) mass is 274 g/mol. The van der Waals surface area contributed by atoms with Gasteiger partial charge in [0, 0.05) is 12.9 Å². The first-order valence-corrected chi connectivity index (χ1v) is 5.31. The lowest BCUT2D eigenvalue weighted by atomic mass is 10.4. The molecule has 2 aromatic rings. The number of alkyl halides is 1. The Morgan fingerprint density at radius 2 is 2.28 bits per heavy atom. The van der Waals surface area contributed by atoms with E-state index in [2.05, 4.69) is 20.6 Å². The number of hydrogen-bond acceptors (Lipinski definition) is 5. The average Bonchev–Trinajstić information content (AvgIpc) is 2.76. The number of carbonyl (C=O) groups excluding carboxylic acids is 1. The van der Waals surface area contributed by atoms with Gasteiger partial charge in [0.05, 0.1) is 6.54 Å². The smallest absolute Gasteiger partial charge is 0.353 e. The van der Waals surface area contributed by atoms with Crippen molar-refractivity contribution in [2.75, 3.05) is 12.9 Å². The highest BCUT2D eigenvalue weighted by Gasteiger charge is 2.16. The van der Waals surface area contributed by atoms with Gasteiger partial charge in [-0.1, -0.05) is 5.21 Å². The Hall–Kier alpha value is -2.00. The summed E-state index contributed by atoms with van der Waals surface area (Å²) in [5.41, 5.74) is -0.242. The molecule has 0 aromatic carbocycles. The molecule has 0 saturated carbocycles. The van der Waals surface area contributed by atoms with Crippen molar-refractivity contribution in [1.29, 1.82) is 0 Å². The Morgan fingerprint density at radius 3 is 2.89 bits per heavy atom. The molecule has 0 spiro atoms. The Balaban J connectivity index is 0.00000162. The van der Waals surface area contributed by atoms with Gasteiger partial charge in [0.25, 0.3) is 5.91 Å². The summed E-state index contributed by atoms with van der Waals surface area (Å²) >= 11 is 5.52. The molecule has 0 fully saturated rings. The second kappa shape index (κ2) is 5.56. The Kier molecular flexibility index (Phi) is 4.34. The first kappa shape index (κ1) is 14.1. The molecular formula is C8H11ClN6O3. The Morgan fingerprint density at radius 1 is 1.56 bits per heavy atom. The molecular weight excluding hydrogens is 264 g/mol. The SMILES string of the molecule is CNC(=O)c1ncn2c(=O)n(CCCl)nnc12.O. The summed E-state index contributed by atoms with van der Waals surface area (Å²) < 4.78 is 2.26. The van der Waals surface area contributed by atoms with Gasteiger partial charge in [0.1, 0.15) is 6.33 Å². The molecule has 0 saturated heterocycles. The summed E-state index contributed by atoms with van der Waals surface area (Å²) in [6, 6.07) is 0. The average molecular weight is 275 g/mol. The maximum Gasteiger partial charge on any atom is 0.353 e. The predicted octanol–water partition coefficient (Wildman–Crippen LogP) is -1.94. The predicted molar refractivity (Wildman–Crippen MR) is 62.8 cm³/mol. The number of rotatable bonds is 3. The van der Waals surface area contributed by atoms with Gasteiger partial charge in [-0.25, -0.2) is 14.2 Å². The highest BCUT2D eigenvalue weighted by Crippen LogP contribution is 2.01. The van der Waals surface area contributed by atoms with E-state index in [1.54, 1.807) is 0 Å². The van der Waals surface area contributed by atoms with Crippen molar-refractivity contribution in [3.63, 3.8) is 0 Å². The summed E-state index contributed by atoms with van der Waals surface area (Å²) in [6.45, 7) is 0.247. The molecule has 2 rings (SSSR count). The molecule has 10 heteroatoms. The van der Waals surface area contributed by atoms with E-state index in [1.165, 1.54) is 13.4 Å². The minimum Gasteiger partial charge on any atom is -0.412 e. The number of carbonyl (C=O) groups is 1. The molecule has 3 N–H and O–H groups in total. The number of halogens is 1. The topological polar surface area (TPSA) is 126 Å². The molecule has 9 nitrogen and oxygen atoms in total. The van der Waals surface area contributed by atoms with E-state index in [1.807, 2.05) is 0 Å². The van der Waals surface area contributed by atoms with E-state index < -0.39 is 11.6 Å². The Labute approximate surface area is 106 Å². The second-order valence-corrected chi connectivity index (χ2v) is 3.53. The number of aromatic nitrogens is 5. The van der Waals surface area contributed by atoms with Crippen LogP contribution in [-0.2, 0) is 6.54 Å². The zero-order chi connectivity index (χ0) is 12.4. The van der Waals surface area contributed by atoms with E-state index >= 15 is 0 Å². The van der Waals surface area contributed by atoms with Gasteiger partial charge in [0.2, 0.25) is 0 Å². The molecule has 98 valence electrons. The quantitative estimate of drug-likeness (QED) is 0.652. The number of fused-ring (bicyclic) bond motifs is 1. The number of aryl methyl sites for hydroxylation is 1. The number of nitrogens with one attached hydrogen (secondary N) is 1. The minimum absolute atomic E-state index is 0. The van der Waals surface area contributed by atoms with Crippen LogP contribution < -0.4 is 11.0 Å². The fourth-order valence-corrected chi connectivity index (χ4v) is 1.50. The fraction of sp³-hybridized carbons (Fsp3) is 0.375. The molecule has 2 aromatic heterocycles. The first-order chi connectivity index (χ1) is 8.19. The highest BCUT2D eigenvalue weighted by molar-refractivity contribution is 6.17. The van der Waals surface area contributed by atoms with Crippen molar-refractivity contribution >= 4 is 23.2 Å². The third-order valence-corrected chi connectivity index (χ3v) is 2.32. The molecule has 0 radical (unpaired) electrons. The fourth-order valence-electron chi connectivity index (χ4n) is 1.34. The lowest BCUT2D eigenvalue weighted by Gasteiger charge is -2.00.